The van der Waals surface area contributed by atoms with Gasteiger partial charge in [-0.05, 0) is 38.8 Å². The molecule has 2 saturated heterocycles. The Bertz CT molecular complexity index is 550. The van der Waals surface area contributed by atoms with Crippen LogP contribution in [0.25, 0.3) is 0 Å². The summed E-state index contributed by atoms with van der Waals surface area (Å²) in [6, 6.07) is 0. The minimum Gasteiger partial charge on any atom is -0.339 e. The summed E-state index contributed by atoms with van der Waals surface area (Å²) in [5.41, 5.74) is 0. The van der Waals surface area contributed by atoms with Crippen LogP contribution in [0, 0.1) is 0 Å². The topological polar surface area (TPSA) is 66.5 Å². The van der Waals surface area contributed by atoms with Crippen LogP contribution in [0.5, 0.6) is 0 Å². The van der Waals surface area contributed by atoms with E-state index in [4.69, 9.17) is 0 Å². The summed E-state index contributed by atoms with van der Waals surface area (Å²) in [5, 5.41) is 3.19. The average molecular weight is 397 g/mol. The van der Waals surface area contributed by atoms with Crippen molar-refractivity contribution in [2.45, 2.75) is 54.4 Å². The normalized spacial score (nSPS) is 26.6. The average Bonchev–Trinajstić information content (AvgIpc) is 2.54. The molecule has 3 rings (SSSR count). The van der Waals surface area contributed by atoms with Crippen LogP contribution >= 0.6 is 24.2 Å². The Labute approximate surface area is 156 Å². The lowest BCUT2D eigenvalue weighted by molar-refractivity contribution is -0.135. The molecular formula is C16H29ClN2O3S2. The summed E-state index contributed by atoms with van der Waals surface area (Å²) in [5.74, 6) is 0.802. The van der Waals surface area contributed by atoms with Crippen molar-refractivity contribution in [2.75, 3.05) is 38.2 Å². The third-order valence-corrected chi connectivity index (χ3v) is 9.35. The molecule has 24 heavy (non-hydrogen) atoms. The molecule has 0 radical (unpaired) electrons. The Morgan fingerprint density at radius 1 is 1.08 bits per heavy atom. The summed E-state index contributed by atoms with van der Waals surface area (Å²) in [6.07, 6.45) is 8.12. The summed E-state index contributed by atoms with van der Waals surface area (Å²) >= 11 is 2.01. The maximum atomic E-state index is 13.3. The molecule has 0 atom stereocenters. The summed E-state index contributed by atoms with van der Waals surface area (Å²) < 4.78 is 23.9. The van der Waals surface area contributed by atoms with Crippen molar-refractivity contribution in [3.05, 3.63) is 0 Å². The van der Waals surface area contributed by atoms with E-state index in [9.17, 15) is 13.2 Å². The first kappa shape index (κ1) is 20.3. The Hall–Kier alpha value is 0.0200. The van der Waals surface area contributed by atoms with E-state index in [0.29, 0.717) is 32.5 Å². The fourth-order valence-corrected chi connectivity index (χ4v) is 7.34. The van der Waals surface area contributed by atoms with Gasteiger partial charge in [-0.15, -0.1) is 12.4 Å². The second-order valence-corrected chi connectivity index (χ2v) is 11.2. The van der Waals surface area contributed by atoms with E-state index in [1.54, 1.807) is 0 Å². The van der Waals surface area contributed by atoms with Crippen LogP contribution < -0.4 is 5.32 Å². The number of nitrogens with zero attached hydrogens (tertiary/aromatic N) is 1. The number of carbonyl (C=O) groups is 1. The van der Waals surface area contributed by atoms with Crippen LogP contribution in [0.4, 0.5) is 0 Å². The van der Waals surface area contributed by atoms with Gasteiger partial charge in [0, 0.05) is 29.8 Å². The summed E-state index contributed by atoms with van der Waals surface area (Å²) in [6.45, 7) is 2.64. The van der Waals surface area contributed by atoms with Crippen molar-refractivity contribution in [1.29, 1.82) is 0 Å². The maximum Gasteiger partial charge on any atom is 0.244 e. The van der Waals surface area contributed by atoms with Crippen molar-refractivity contribution in [2.24, 2.45) is 0 Å². The molecule has 1 amide bonds. The first-order valence-electron chi connectivity index (χ1n) is 8.72. The number of hydrogen-bond donors (Lipinski definition) is 1. The highest BCUT2D eigenvalue weighted by Gasteiger charge is 2.52. The number of halogens is 1. The van der Waals surface area contributed by atoms with Gasteiger partial charge in [0.05, 0.1) is 0 Å². The number of nitrogens with one attached hydrogen (secondary N) is 1. The SMILES string of the molecule is CS(=O)(=O)C1(C(=O)N2CCSC3(CCCCC3)C2)CCNCC1.Cl. The molecule has 0 bridgehead atoms. The van der Waals surface area contributed by atoms with Gasteiger partial charge in [-0.3, -0.25) is 4.79 Å². The fourth-order valence-electron chi connectivity index (χ4n) is 4.38. The fraction of sp³-hybridized carbons (Fsp3) is 0.938. The third-order valence-electron chi connectivity index (χ3n) is 5.81. The lowest BCUT2D eigenvalue weighted by atomic mass is 9.87. The highest BCUT2D eigenvalue weighted by molar-refractivity contribution is 8.00. The Kier molecular flexibility index (Phi) is 6.54. The predicted molar refractivity (Wildman–Crippen MR) is 102 cm³/mol. The second kappa shape index (κ2) is 7.72. The molecule has 8 heteroatoms. The zero-order valence-corrected chi connectivity index (χ0v) is 16.8. The molecule has 2 aliphatic heterocycles. The molecule has 1 aliphatic carbocycles. The molecule has 1 spiro atoms. The van der Waals surface area contributed by atoms with Gasteiger partial charge in [0.25, 0.3) is 0 Å². The van der Waals surface area contributed by atoms with Gasteiger partial charge in [0.15, 0.2) is 14.6 Å². The Morgan fingerprint density at radius 2 is 1.71 bits per heavy atom. The molecule has 1 N–H and O–H groups in total. The van der Waals surface area contributed by atoms with Gasteiger partial charge < -0.3 is 10.2 Å². The van der Waals surface area contributed by atoms with Crippen molar-refractivity contribution in [3.8, 4) is 0 Å². The van der Waals surface area contributed by atoms with E-state index in [1.807, 2.05) is 16.7 Å². The third kappa shape index (κ3) is 3.74. The predicted octanol–water partition coefficient (Wildman–Crippen LogP) is 1.85. The van der Waals surface area contributed by atoms with Crippen LogP contribution in [-0.2, 0) is 14.6 Å². The monoisotopic (exact) mass is 396 g/mol. The number of hydrogen-bond acceptors (Lipinski definition) is 5. The smallest absolute Gasteiger partial charge is 0.244 e. The summed E-state index contributed by atoms with van der Waals surface area (Å²) in [4.78, 5) is 15.1. The van der Waals surface area contributed by atoms with Crippen molar-refractivity contribution < 1.29 is 13.2 Å². The first-order chi connectivity index (χ1) is 10.9. The summed E-state index contributed by atoms with van der Waals surface area (Å²) in [7, 11) is -3.42. The van der Waals surface area contributed by atoms with E-state index in [1.165, 1.54) is 25.5 Å². The quantitative estimate of drug-likeness (QED) is 0.771. The molecule has 140 valence electrons. The molecule has 0 aromatic carbocycles. The number of thioether (sulfide) groups is 1. The Morgan fingerprint density at radius 3 is 2.29 bits per heavy atom. The number of sulfone groups is 1. The highest BCUT2D eigenvalue weighted by atomic mass is 35.5. The van der Waals surface area contributed by atoms with Crippen LogP contribution in [0.3, 0.4) is 0 Å². The van der Waals surface area contributed by atoms with Crippen molar-refractivity contribution in [1.82, 2.24) is 10.2 Å². The maximum absolute atomic E-state index is 13.3. The van der Waals surface area contributed by atoms with E-state index in [0.717, 1.165) is 25.1 Å². The number of amides is 1. The standard InChI is InChI=1S/C16H28N2O3S2.ClH/c1-23(20,21)16(7-9-17-10-8-16)14(19)18-11-12-22-15(13-18)5-3-2-4-6-15;/h17H,2-13H2,1H3;1H. The second-order valence-electron chi connectivity index (χ2n) is 7.34. The van der Waals surface area contributed by atoms with Crippen molar-refractivity contribution >= 4 is 39.9 Å². The molecule has 0 unspecified atom stereocenters. The zero-order valence-electron chi connectivity index (χ0n) is 14.4. The van der Waals surface area contributed by atoms with Crippen LogP contribution in [0.2, 0.25) is 0 Å². The van der Waals surface area contributed by atoms with Gasteiger partial charge >= 0.3 is 0 Å². The minimum absolute atomic E-state index is 0. The van der Waals surface area contributed by atoms with Crippen molar-refractivity contribution in [3.63, 3.8) is 0 Å². The lowest BCUT2D eigenvalue weighted by Crippen LogP contribution is -2.61. The van der Waals surface area contributed by atoms with E-state index >= 15 is 0 Å². The van der Waals surface area contributed by atoms with E-state index in [2.05, 4.69) is 5.32 Å². The van der Waals surface area contributed by atoms with Gasteiger partial charge in [0.1, 0.15) is 0 Å². The molecule has 3 fully saturated rings. The van der Waals surface area contributed by atoms with Crippen LogP contribution in [0.1, 0.15) is 44.9 Å². The molecular weight excluding hydrogens is 368 g/mol. The molecule has 5 nitrogen and oxygen atoms in total. The largest absolute Gasteiger partial charge is 0.339 e. The van der Waals surface area contributed by atoms with Gasteiger partial charge in [-0.25, -0.2) is 8.42 Å². The molecule has 0 aromatic heterocycles. The molecule has 3 aliphatic rings. The van der Waals surface area contributed by atoms with E-state index in [-0.39, 0.29) is 23.1 Å². The lowest BCUT2D eigenvalue weighted by Gasteiger charge is -2.47. The Balaban J connectivity index is 0.00000208. The van der Waals surface area contributed by atoms with Gasteiger partial charge in [0.2, 0.25) is 5.91 Å². The van der Waals surface area contributed by atoms with Crippen LogP contribution in [0.15, 0.2) is 0 Å². The first-order valence-corrected chi connectivity index (χ1v) is 11.6. The molecule has 2 heterocycles. The minimum atomic E-state index is -3.42. The number of carbonyl (C=O) groups excluding carboxylic acids is 1. The number of piperidine rings is 1. The molecule has 0 aromatic rings. The highest BCUT2D eigenvalue weighted by Crippen LogP contribution is 2.44. The van der Waals surface area contributed by atoms with Gasteiger partial charge in [-0.1, -0.05) is 19.3 Å². The zero-order chi connectivity index (χ0) is 16.6. The molecule has 1 saturated carbocycles. The number of rotatable bonds is 2. The van der Waals surface area contributed by atoms with Gasteiger partial charge in [-0.2, -0.15) is 11.8 Å². The van der Waals surface area contributed by atoms with Crippen LogP contribution in [-0.4, -0.2) is 66.9 Å². The van der Waals surface area contributed by atoms with E-state index < -0.39 is 14.6 Å².